The molecule has 6 nitrogen and oxygen atoms in total. The number of aromatic nitrogens is 2. The summed E-state index contributed by atoms with van der Waals surface area (Å²) in [7, 11) is 0. The van der Waals surface area contributed by atoms with Gasteiger partial charge in [0.05, 0.1) is 18.5 Å². The van der Waals surface area contributed by atoms with E-state index in [9.17, 15) is 9.90 Å². The van der Waals surface area contributed by atoms with Crippen molar-refractivity contribution in [1.82, 2.24) is 9.97 Å². The maximum absolute atomic E-state index is 12.4. The van der Waals surface area contributed by atoms with E-state index in [1.54, 1.807) is 6.20 Å². The van der Waals surface area contributed by atoms with Gasteiger partial charge in [0.1, 0.15) is 0 Å². The van der Waals surface area contributed by atoms with Gasteiger partial charge in [-0.25, -0.2) is 4.98 Å². The van der Waals surface area contributed by atoms with Crippen LogP contribution in [0.5, 0.6) is 0 Å². The van der Waals surface area contributed by atoms with Crippen LogP contribution in [-0.4, -0.2) is 44.7 Å². The van der Waals surface area contributed by atoms with E-state index >= 15 is 0 Å². The number of aromatic amines is 1. The second kappa shape index (κ2) is 9.65. The summed E-state index contributed by atoms with van der Waals surface area (Å²) >= 11 is 0. The summed E-state index contributed by atoms with van der Waals surface area (Å²) in [6, 6.07) is -0.692. The number of carbonyl (C=O) groups excluding carboxylic acids is 1. The van der Waals surface area contributed by atoms with E-state index in [1.807, 2.05) is 0 Å². The number of ketones is 1. The minimum atomic E-state index is -0.732. The number of H-pyrrole nitrogens is 1. The normalized spacial score (nSPS) is 15.6. The Labute approximate surface area is 125 Å². The van der Waals surface area contributed by atoms with E-state index in [4.69, 9.17) is 10.8 Å². The van der Waals surface area contributed by atoms with Crippen LogP contribution in [0.25, 0.3) is 0 Å². The molecule has 1 aromatic heterocycles. The Balaban J connectivity index is 2.58. The van der Waals surface area contributed by atoms with Crippen LogP contribution in [0.15, 0.2) is 12.5 Å². The van der Waals surface area contributed by atoms with Crippen LogP contribution < -0.4 is 5.73 Å². The van der Waals surface area contributed by atoms with E-state index in [0.717, 1.165) is 25.0 Å². The minimum absolute atomic E-state index is 0.127. The molecule has 0 aliphatic carbocycles. The number of hydrogen-bond acceptors (Lipinski definition) is 5. The monoisotopic (exact) mass is 297 g/mol. The van der Waals surface area contributed by atoms with Crippen LogP contribution in [0.1, 0.15) is 44.7 Å². The quantitative estimate of drug-likeness (QED) is 0.451. The Bertz CT molecular complexity index is 395. The van der Waals surface area contributed by atoms with Crippen molar-refractivity contribution in [1.29, 1.82) is 0 Å². The van der Waals surface area contributed by atoms with E-state index in [0.29, 0.717) is 12.8 Å². The van der Waals surface area contributed by atoms with Crippen LogP contribution in [0.2, 0.25) is 0 Å². The van der Waals surface area contributed by atoms with Crippen molar-refractivity contribution in [2.45, 2.75) is 57.6 Å². The molecule has 0 spiro atoms. The summed E-state index contributed by atoms with van der Waals surface area (Å²) in [4.78, 5) is 19.2. The molecule has 3 atom stereocenters. The number of hydrogen-bond donors (Lipinski definition) is 4. The average Bonchev–Trinajstić information content (AvgIpc) is 2.97. The summed E-state index contributed by atoms with van der Waals surface area (Å²) in [6.45, 7) is 1.96. The van der Waals surface area contributed by atoms with Gasteiger partial charge in [-0.1, -0.05) is 26.2 Å². The lowest BCUT2D eigenvalue weighted by atomic mass is 9.86. The molecule has 120 valence electrons. The van der Waals surface area contributed by atoms with Gasteiger partial charge in [0.2, 0.25) is 0 Å². The first-order chi connectivity index (χ1) is 10.1. The molecule has 6 heteroatoms. The molecule has 0 fully saturated rings. The number of carbonyl (C=O) groups is 1. The fourth-order valence-electron chi connectivity index (χ4n) is 2.48. The first-order valence-electron chi connectivity index (χ1n) is 7.65. The maximum atomic E-state index is 12.4. The molecule has 0 aromatic carbocycles. The van der Waals surface area contributed by atoms with Crippen molar-refractivity contribution in [3.05, 3.63) is 18.2 Å². The predicted octanol–water partition coefficient (Wildman–Crippen LogP) is 0.788. The summed E-state index contributed by atoms with van der Waals surface area (Å²) in [5.41, 5.74) is 6.73. The predicted molar refractivity (Wildman–Crippen MR) is 80.6 cm³/mol. The molecular formula is C15H27N3O3. The zero-order valence-electron chi connectivity index (χ0n) is 12.7. The molecule has 1 heterocycles. The molecule has 1 aromatic rings. The molecule has 21 heavy (non-hydrogen) atoms. The molecule has 0 aliphatic rings. The Hall–Kier alpha value is -1.24. The highest BCUT2D eigenvalue weighted by atomic mass is 16.3. The van der Waals surface area contributed by atoms with Gasteiger partial charge in [-0.05, 0) is 12.8 Å². The zero-order chi connectivity index (χ0) is 15.7. The Kier molecular flexibility index (Phi) is 8.19. The molecule has 1 rings (SSSR count). The maximum Gasteiger partial charge on any atom is 0.155 e. The number of Topliss-reactive ketones (excluding diaryl/α,β-unsaturated/α-hetero) is 1. The van der Waals surface area contributed by atoms with Crippen molar-refractivity contribution < 1.29 is 15.0 Å². The van der Waals surface area contributed by atoms with Crippen molar-refractivity contribution >= 4 is 5.78 Å². The van der Waals surface area contributed by atoms with Crippen LogP contribution in [0.3, 0.4) is 0 Å². The van der Waals surface area contributed by atoms with E-state index in [1.165, 1.54) is 6.33 Å². The summed E-state index contributed by atoms with van der Waals surface area (Å²) in [5.74, 6) is -0.785. The summed E-state index contributed by atoms with van der Waals surface area (Å²) < 4.78 is 0. The van der Waals surface area contributed by atoms with Gasteiger partial charge in [-0.2, -0.15) is 0 Å². The molecule has 0 saturated heterocycles. The molecule has 5 N–H and O–H groups in total. The third-order valence-electron chi connectivity index (χ3n) is 3.73. The number of aliphatic hydroxyl groups excluding tert-OH is 2. The van der Waals surface area contributed by atoms with E-state index < -0.39 is 18.1 Å². The smallest absolute Gasteiger partial charge is 0.155 e. The standard InChI is InChI=1S/C15H27N3O3/c1-2-3-4-5-14(20)12(6-7-19)15(21)13(16)8-11-9-17-10-18-11/h9-10,12-14,19-20H,2-8,16H2,1H3,(H,17,18)/t12?,13-,14?/m0/s1. The van der Waals surface area contributed by atoms with Gasteiger partial charge in [-0.15, -0.1) is 0 Å². The lowest BCUT2D eigenvalue weighted by Crippen LogP contribution is -2.42. The molecule has 2 unspecified atom stereocenters. The molecule has 0 bridgehead atoms. The molecule has 0 aliphatic heterocycles. The second-order valence-electron chi connectivity index (χ2n) is 5.47. The minimum Gasteiger partial charge on any atom is -0.396 e. The molecule has 0 radical (unpaired) electrons. The number of nitrogens with one attached hydrogen (secondary N) is 1. The third kappa shape index (κ3) is 5.95. The van der Waals surface area contributed by atoms with E-state index in [-0.39, 0.29) is 18.8 Å². The van der Waals surface area contributed by atoms with Gasteiger partial charge in [0.15, 0.2) is 5.78 Å². The average molecular weight is 297 g/mol. The highest BCUT2D eigenvalue weighted by Crippen LogP contribution is 2.18. The molecule has 0 amide bonds. The van der Waals surface area contributed by atoms with Crippen molar-refractivity contribution in [2.75, 3.05) is 6.61 Å². The lowest BCUT2D eigenvalue weighted by molar-refractivity contribution is -0.128. The second-order valence-corrected chi connectivity index (χ2v) is 5.47. The van der Waals surface area contributed by atoms with Crippen molar-refractivity contribution in [3.63, 3.8) is 0 Å². The highest BCUT2D eigenvalue weighted by molar-refractivity contribution is 5.86. The molecular weight excluding hydrogens is 270 g/mol. The number of aliphatic hydroxyl groups is 2. The van der Waals surface area contributed by atoms with Crippen LogP contribution in [0.4, 0.5) is 0 Å². The zero-order valence-corrected chi connectivity index (χ0v) is 12.7. The van der Waals surface area contributed by atoms with Gasteiger partial charge in [0.25, 0.3) is 0 Å². The largest absolute Gasteiger partial charge is 0.396 e. The first kappa shape index (κ1) is 17.8. The van der Waals surface area contributed by atoms with Crippen LogP contribution in [0, 0.1) is 5.92 Å². The van der Waals surface area contributed by atoms with Crippen LogP contribution >= 0.6 is 0 Å². The Morgan fingerprint density at radius 2 is 2.19 bits per heavy atom. The Morgan fingerprint density at radius 1 is 1.43 bits per heavy atom. The SMILES string of the molecule is CCCCCC(O)C(CCO)C(=O)[C@@H](N)Cc1cnc[nH]1. The fourth-order valence-corrected chi connectivity index (χ4v) is 2.48. The first-order valence-corrected chi connectivity index (χ1v) is 7.65. The van der Waals surface area contributed by atoms with Crippen molar-refractivity contribution in [3.8, 4) is 0 Å². The number of rotatable bonds is 11. The van der Waals surface area contributed by atoms with Crippen LogP contribution in [-0.2, 0) is 11.2 Å². The number of unbranched alkanes of at least 4 members (excludes halogenated alkanes) is 2. The topological polar surface area (TPSA) is 112 Å². The fraction of sp³-hybridized carbons (Fsp3) is 0.733. The number of nitrogens with two attached hydrogens (primary N) is 1. The summed E-state index contributed by atoms with van der Waals surface area (Å²) in [6.07, 6.45) is 6.59. The number of nitrogens with zero attached hydrogens (tertiary/aromatic N) is 1. The van der Waals surface area contributed by atoms with Gasteiger partial charge < -0.3 is 20.9 Å². The van der Waals surface area contributed by atoms with Crippen molar-refractivity contribution in [2.24, 2.45) is 11.7 Å². The summed E-state index contributed by atoms with van der Waals surface area (Å²) in [5, 5.41) is 19.3. The number of imidazole rings is 1. The Morgan fingerprint density at radius 3 is 2.76 bits per heavy atom. The lowest BCUT2D eigenvalue weighted by Gasteiger charge is -2.24. The highest BCUT2D eigenvalue weighted by Gasteiger charge is 2.30. The van der Waals surface area contributed by atoms with Gasteiger partial charge in [0, 0.05) is 30.8 Å². The molecule has 0 saturated carbocycles. The third-order valence-corrected chi connectivity index (χ3v) is 3.73. The van der Waals surface area contributed by atoms with E-state index in [2.05, 4.69) is 16.9 Å². The van der Waals surface area contributed by atoms with Gasteiger partial charge >= 0.3 is 0 Å². The van der Waals surface area contributed by atoms with Gasteiger partial charge in [-0.3, -0.25) is 4.79 Å².